The molecule has 208 valence electrons. The SMILES string of the molecule is CCC(=O)COC(=O)CS(=O)(=O)[O-].CCOC(=O)CS(=O)(=O)[O-].CCOCOC(=O)CS(=O)(=O)[O-]. The summed E-state index contributed by atoms with van der Waals surface area (Å²) in [5.41, 5.74) is 0. The van der Waals surface area contributed by atoms with Crippen molar-refractivity contribution < 1.29 is 77.0 Å². The van der Waals surface area contributed by atoms with Crippen LogP contribution in [0.4, 0.5) is 0 Å². The van der Waals surface area contributed by atoms with Gasteiger partial charge in [-0.3, -0.25) is 19.2 Å². The van der Waals surface area contributed by atoms with Crippen molar-refractivity contribution in [1.82, 2.24) is 0 Å². The van der Waals surface area contributed by atoms with Crippen molar-refractivity contribution in [3.8, 4) is 0 Å². The van der Waals surface area contributed by atoms with Gasteiger partial charge in [0.25, 0.3) is 0 Å². The number of Topliss-reactive ketones (excluding diaryl/α,β-unsaturated/α-hetero) is 1. The monoisotopic (exact) mass is 573 g/mol. The second-order valence-corrected chi connectivity index (χ2v) is 9.80. The van der Waals surface area contributed by atoms with E-state index in [1.807, 2.05) is 0 Å². The summed E-state index contributed by atoms with van der Waals surface area (Å²) in [6.45, 7) is 4.38. The summed E-state index contributed by atoms with van der Waals surface area (Å²) < 4.78 is 107. The average Bonchev–Trinajstić information content (AvgIpc) is 2.63. The van der Waals surface area contributed by atoms with Crippen molar-refractivity contribution in [1.29, 1.82) is 0 Å². The first-order valence-electron chi connectivity index (χ1n) is 9.13. The van der Waals surface area contributed by atoms with E-state index < -0.39 is 72.1 Å². The molecule has 0 unspecified atom stereocenters. The van der Waals surface area contributed by atoms with E-state index in [-0.39, 0.29) is 25.6 Å². The highest BCUT2D eigenvalue weighted by Gasteiger charge is 2.09. The van der Waals surface area contributed by atoms with E-state index >= 15 is 0 Å². The van der Waals surface area contributed by atoms with Crippen LogP contribution in [0.5, 0.6) is 0 Å². The van der Waals surface area contributed by atoms with Crippen LogP contribution in [-0.4, -0.2) is 106 Å². The summed E-state index contributed by atoms with van der Waals surface area (Å²) in [7, 11) is -13.6. The summed E-state index contributed by atoms with van der Waals surface area (Å²) in [4.78, 5) is 41.8. The van der Waals surface area contributed by atoms with Gasteiger partial charge in [0.2, 0.25) is 0 Å². The summed E-state index contributed by atoms with van der Waals surface area (Å²) in [5, 5.41) is 0. The van der Waals surface area contributed by atoms with E-state index in [9.17, 15) is 58.1 Å². The molecule has 0 saturated carbocycles. The Hall–Kier alpha value is -2.23. The van der Waals surface area contributed by atoms with E-state index in [1.165, 1.54) is 6.92 Å². The predicted molar refractivity (Wildman–Crippen MR) is 109 cm³/mol. The molecule has 0 aromatic rings. The normalized spacial score (nSPS) is 11.0. The predicted octanol–water partition coefficient (Wildman–Crippen LogP) is -2.78. The van der Waals surface area contributed by atoms with Crippen LogP contribution in [0.15, 0.2) is 0 Å². The van der Waals surface area contributed by atoms with Gasteiger partial charge < -0.3 is 32.6 Å². The van der Waals surface area contributed by atoms with Crippen molar-refractivity contribution in [3.63, 3.8) is 0 Å². The van der Waals surface area contributed by atoms with Crippen LogP contribution >= 0.6 is 0 Å². The molecule has 0 amide bonds. The number of ketones is 1. The van der Waals surface area contributed by atoms with Crippen LogP contribution in [0.2, 0.25) is 0 Å². The second-order valence-electron chi connectivity index (χ2n) is 5.59. The third-order valence-electron chi connectivity index (χ3n) is 2.49. The molecule has 0 aromatic heterocycles. The highest BCUT2D eigenvalue weighted by molar-refractivity contribution is 7.86. The standard InChI is InChI=1S/C6H10O6S.C5H10O6S.C4H8O5S/c1-2-5(7)3-12-6(8)4-13(9,10)11;1-2-10-4-11-5(6)3-12(7,8)9;1-2-9-4(5)3-10(6,7)8/h2-4H2,1H3,(H,9,10,11);2-4H2,1H3,(H,7,8,9);2-3H2,1H3,(H,6,7,8)/p-3. The van der Waals surface area contributed by atoms with E-state index in [2.05, 4.69) is 18.9 Å². The Bertz CT molecular complexity index is 980. The van der Waals surface area contributed by atoms with Crippen molar-refractivity contribution in [3.05, 3.63) is 0 Å². The van der Waals surface area contributed by atoms with Crippen LogP contribution in [-0.2, 0) is 68.5 Å². The molecule has 0 aliphatic rings. The molecule has 35 heavy (non-hydrogen) atoms. The zero-order valence-electron chi connectivity index (χ0n) is 18.8. The highest BCUT2D eigenvalue weighted by Crippen LogP contribution is 1.89. The first-order valence-corrected chi connectivity index (χ1v) is 13.9. The molecule has 20 heteroatoms. The minimum Gasteiger partial charge on any atom is -0.748 e. The van der Waals surface area contributed by atoms with Gasteiger partial charge in [0.15, 0.2) is 12.6 Å². The maximum atomic E-state index is 10.6. The van der Waals surface area contributed by atoms with Crippen molar-refractivity contribution in [2.75, 3.05) is 43.9 Å². The number of carbonyl (C=O) groups is 4. The number of carbonyl (C=O) groups excluding carboxylic acids is 4. The van der Waals surface area contributed by atoms with Gasteiger partial charge >= 0.3 is 17.9 Å². The minimum atomic E-state index is -4.61. The fourth-order valence-corrected chi connectivity index (χ4v) is 2.29. The van der Waals surface area contributed by atoms with Crippen LogP contribution in [0.1, 0.15) is 27.2 Å². The van der Waals surface area contributed by atoms with E-state index in [0.29, 0.717) is 6.61 Å². The Balaban J connectivity index is -0.000000443. The van der Waals surface area contributed by atoms with Crippen molar-refractivity contribution in [2.45, 2.75) is 27.2 Å². The number of ether oxygens (including phenoxy) is 4. The third kappa shape index (κ3) is 36.5. The first-order chi connectivity index (χ1) is 15.8. The van der Waals surface area contributed by atoms with Gasteiger partial charge in [-0.25, -0.2) is 25.3 Å². The summed E-state index contributed by atoms with van der Waals surface area (Å²) in [6.07, 6.45) is 0.192. The molecule has 17 nitrogen and oxygen atoms in total. The lowest BCUT2D eigenvalue weighted by Crippen LogP contribution is -2.20. The van der Waals surface area contributed by atoms with Gasteiger partial charge in [-0.15, -0.1) is 0 Å². The number of esters is 3. The molecule has 0 saturated heterocycles. The molecule has 0 aliphatic heterocycles. The molecule has 0 heterocycles. The lowest BCUT2D eigenvalue weighted by molar-refractivity contribution is -0.152. The molecular weight excluding hydrogens is 548 g/mol. The molecule has 0 spiro atoms. The average molecular weight is 574 g/mol. The molecule has 0 radical (unpaired) electrons. The van der Waals surface area contributed by atoms with Gasteiger partial charge in [-0.1, -0.05) is 6.92 Å². The topological polar surface area (TPSA) is 277 Å². The van der Waals surface area contributed by atoms with Gasteiger partial charge in [0, 0.05) is 13.0 Å². The van der Waals surface area contributed by atoms with Gasteiger partial charge in [0.05, 0.1) is 6.61 Å². The van der Waals surface area contributed by atoms with Gasteiger partial charge in [-0.05, 0) is 13.8 Å². The summed E-state index contributed by atoms with van der Waals surface area (Å²) in [6, 6.07) is 0. The second kappa shape index (κ2) is 19.0. The molecule has 0 fully saturated rings. The minimum absolute atomic E-state index is 0.0777. The zero-order chi connectivity index (χ0) is 28.3. The van der Waals surface area contributed by atoms with E-state index in [0.717, 1.165) is 0 Å². The smallest absolute Gasteiger partial charge is 0.322 e. The Morgan fingerprint density at radius 1 is 0.600 bits per heavy atom. The first kappa shape index (κ1) is 37.3. The molecule has 0 aromatic carbocycles. The van der Waals surface area contributed by atoms with Crippen LogP contribution < -0.4 is 0 Å². The van der Waals surface area contributed by atoms with Crippen molar-refractivity contribution >= 4 is 54.0 Å². The fourth-order valence-electron chi connectivity index (χ4n) is 1.17. The van der Waals surface area contributed by atoms with Crippen LogP contribution in [0.3, 0.4) is 0 Å². The maximum absolute atomic E-state index is 10.6. The molecule has 0 N–H and O–H groups in total. The summed E-state index contributed by atoms with van der Waals surface area (Å²) >= 11 is 0. The van der Waals surface area contributed by atoms with E-state index in [1.54, 1.807) is 13.8 Å². The molecule has 0 aliphatic carbocycles. The molecular formula is C15H25O17S3-3. The zero-order valence-corrected chi connectivity index (χ0v) is 21.3. The van der Waals surface area contributed by atoms with Crippen LogP contribution in [0, 0.1) is 0 Å². The summed E-state index contributed by atoms with van der Waals surface area (Å²) in [5.74, 6) is -7.10. The Morgan fingerprint density at radius 3 is 1.29 bits per heavy atom. The largest absolute Gasteiger partial charge is 0.748 e. The molecule has 0 bridgehead atoms. The Morgan fingerprint density at radius 2 is 0.971 bits per heavy atom. The van der Waals surface area contributed by atoms with E-state index in [4.69, 9.17) is 0 Å². The number of rotatable bonds is 13. The highest BCUT2D eigenvalue weighted by atomic mass is 32.2. The molecule has 0 rings (SSSR count). The Kier molecular flexibility index (Phi) is 20.3. The van der Waals surface area contributed by atoms with Gasteiger partial charge in [0.1, 0.15) is 54.2 Å². The van der Waals surface area contributed by atoms with Gasteiger partial charge in [-0.2, -0.15) is 0 Å². The lowest BCUT2D eigenvalue weighted by atomic mass is 10.3. The van der Waals surface area contributed by atoms with Crippen molar-refractivity contribution in [2.24, 2.45) is 0 Å². The Labute approximate surface area is 202 Å². The molecule has 0 atom stereocenters. The van der Waals surface area contributed by atoms with Crippen LogP contribution in [0.25, 0.3) is 0 Å². The quantitative estimate of drug-likeness (QED) is 0.0707. The number of hydrogen-bond donors (Lipinski definition) is 0. The third-order valence-corrected chi connectivity index (χ3v) is 4.25. The fraction of sp³-hybridized carbons (Fsp3) is 0.733. The number of hydrogen-bond acceptors (Lipinski definition) is 17. The maximum Gasteiger partial charge on any atom is 0.322 e. The lowest BCUT2D eigenvalue weighted by Gasteiger charge is -2.06.